The zero-order valence-electron chi connectivity index (χ0n) is 7.35. The molecule has 0 saturated heterocycles. The summed E-state index contributed by atoms with van der Waals surface area (Å²) in [7, 11) is 0. The molecule has 0 bridgehead atoms. The number of carbonyl (C=O) groups excluding carboxylic acids is 2. The topological polar surface area (TPSA) is 115 Å². The summed E-state index contributed by atoms with van der Waals surface area (Å²) in [6.45, 7) is 0.0624. The van der Waals surface area contributed by atoms with E-state index in [-0.39, 0.29) is 0 Å². The SMILES string of the molecule is CC(=O)C(=O)[C@@](O)(Br)[C@@H](O)[C@H](O)CO. The van der Waals surface area contributed by atoms with E-state index in [0.717, 1.165) is 6.92 Å². The van der Waals surface area contributed by atoms with Gasteiger partial charge in [0, 0.05) is 6.92 Å². The standard InChI is InChI=1S/C7H11BrO6/c1-3(10)5(12)7(8,14)6(13)4(11)2-9/h4,6,9,11,13-14H,2H2,1H3/t4-,6+,7+/m1/s1. The van der Waals surface area contributed by atoms with E-state index >= 15 is 0 Å². The summed E-state index contributed by atoms with van der Waals surface area (Å²) >= 11 is 2.42. The maximum atomic E-state index is 11.0. The normalized spacial score (nSPS) is 19.6. The van der Waals surface area contributed by atoms with Crippen LogP contribution in [0.15, 0.2) is 0 Å². The third kappa shape index (κ3) is 2.82. The zero-order chi connectivity index (χ0) is 11.5. The van der Waals surface area contributed by atoms with Gasteiger partial charge in [-0.3, -0.25) is 9.59 Å². The molecule has 0 radical (unpaired) electrons. The first-order chi connectivity index (χ1) is 6.25. The van der Waals surface area contributed by atoms with Gasteiger partial charge in [0.2, 0.25) is 10.3 Å². The number of rotatable bonds is 5. The van der Waals surface area contributed by atoms with E-state index in [2.05, 4.69) is 15.9 Å². The van der Waals surface area contributed by atoms with Gasteiger partial charge in [-0.05, 0) is 15.9 Å². The minimum atomic E-state index is -2.57. The molecule has 0 rings (SSSR count). The fraction of sp³-hybridized carbons (Fsp3) is 0.714. The fourth-order valence-corrected chi connectivity index (χ4v) is 1.32. The van der Waals surface area contributed by atoms with Gasteiger partial charge in [0.25, 0.3) is 0 Å². The van der Waals surface area contributed by atoms with Gasteiger partial charge in [-0.15, -0.1) is 0 Å². The summed E-state index contributed by atoms with van der Waals surface area (Å²) in [6, 6.07) is 0. The van der Waals surface area contributed by atoms with E-state index in [4.69, 9.17) is 10.2 Å². The van der Waals surface area contributed by atoms with Gasteiger partial charge < -0.3 is 20.4 Å². The molecular weight excluding hydrogens is 260 g/mol. The number of hydrogen-bond acceptors (Lipinski definition) is 6. The van der Waals surface area contributed by atoms with Crippen molar-refractivity contribution < 1.29 is 30.0 Å². The van der Waals surface area contributed by atoms with Crippen molar-refractivity contribution in [3.05, 3.63) is 0 Å². The molecule has 0 aromatic rings. The van der Waals surface area contributed by atoms with Gasteiger partial charge in [0.15, 0.2) is 5.78 Å². The third-order valence-corrected chi connectivity index (χ3v) is 2.41. The van der Waals surface area contributed by atoms with Crippen LogP contribution in [0.25, 0.3) is 0 Å². The number of aliphatic hydroxyl groups is 4. The second kappa shape index (κ2) is 4.94. The third-order valence-electron chi connectivity index (χ3n) is 1.58. The van der Waals surface area contributed by atoms with Gasteiger partial charge in [0.1, 0.15) is 12.2 Å². The predicted octanol–water partition coefficient (Wildman–Crippen LogP) is -2.06. The van der Waals surface area contributed by atoms with E-state index < -0.39 is 34.9 Å². The first-order valence-electron chi connectivity index (χ1n) is 3.68. The van der Waals surface area contributed by atoms with Crippen LogP contribution in [0, 0.1) is 0 Å². The van der Waals surface area contributed by atoms with Crippen LogP contribution in [0.5, 0.6) is 0 Å². The highest BCUT2D eigenvalue weighted by Crippen LogP contribution is 2.23. The summed E-state index contributed by atoms with van der Waals surface area (Å²) in [5.74, 6) is -2.27. The maximum absolute atomic E-state index is 11.0. The summed E-state index contributed by atoms with van der Waals surface area (Å²) in [5.41, 5.74) is 0. The summed E-state index contributed by atoms with van der Waals surface area (Å²) in [5, 5.41) is 35.9. The lowest BCUT2D eigenvalue weighted by Gasteiger charge is -2.27. The average Bonchev–Trinajstić information content (AvgIpc) is 2.13. The molecule has 0 aliphatic carbocycles. The van der Waals surface area contributed by atoms with Crippen molar-refractivity contribution in [1.29, 1.82) is 0 Å². The molecule has 0 aliphatic heterocycles. The van der Waals surface area contributed by atoms with E-state index in [1.807, 2.05) is 0 Å². The Morgan fingerprint density at radius 3 is 2.14 bits per heavy atom. The van der Waals surface area contributed by atoms with Gasteiger partial charge in [-0.2, -0.15) is 0 Å². The number of halogens is 1. The number of aliphatic hydroxyl groups excluding tert-OH is 3. The first-order valence-corrected chi connectivity index (χ1v) is 4.48. The van der Waals surface area contributed by atoms with Crippen molar-refractivity contribution in [3.8, 4) is 0 Å². The lowest BCUT2D eigenvalue weighted by atomic mass is 10.0. The Hall–Kier alpha value is -0.340. The summed E-state index contributed by atoms with van der Waals surface area (Å²) in [4.78, 5) is 21.6. The minimum absolute atomic E-state index is 0.847. The van der Waals surface area contributed by atoms with E-state index in [0.29, 0.717) is 0 Å². The molecule has 0 saturated carbocycles. The monoisotopic (exact) mass is 270 g/mol. The second-order valence-corrected chi connectivity index (χ2v) is 3.96. The molecule has 0 spiro atoms. The van der Waals surface area contributed by atoms with Crippen LogP contribution in [0.3, 0.4) is 0 Å². The van der Waals surface area contributed by atoms with E-state index in [9.17, 15) is 19.8 Å². The van der Waals surface area contributed by atoms with Crippen molar-refractivity contribution >= 4 is 27.5 Å². The van der Waals surface area contributed by atoms with Crippen LogP contribution >= 0.6 is 15.9 Å². The molecule has 4 N–H and O–H groups in total. The molecule has 82 valence electrons. The van der Waals surface area contributed by atoms with Crippen molar-refractivity contribution in [1.82, 2.24) is 0 Å². The van der Waals surface area contributed by atoms with Crippen LogP contribution in [-0.2, 0) is 9.59 Å². The Balaban J connectivity index is 4.76. The van der Waals surface area contributed by atoms with E-state index in [1.165, 1.54) is 0 Å². The van der Waals surface area contributed by atoms with Crippen LogP contribution in [0.1, 0.15) is 6.92 Å². The number of alkyl halides is 1. The zero-order valence-corrected chi connectivity index (χ0v) is 8.93. The van der Waals surface area contributed by atoms with Gasteiger partial charge in [-0.25, -0.2) is 0 Å². The highest BCUT2D eigenvalue weighted by Gasteiger charge is 2.45. The molecular formula is C7H11BrO6. The van der Waals surface area contributed by atoms with Crippen molar-refractivity contribution in [2.75, 3.05) is 6.61 Å². The Labute approximate surface area is 88.3 Å². The van der Waals surface area contributed by atoms with Crippen molar-refractivity contribution in [3.63, 3.8) is 0 Å². The molecule has 7 heteroatoms. The van der Waals surface area contributed by atoms with Gasteiger partial charge in [0.05, 0.1) is 6.61 Å². The molecule has 6 nitrogen and oxygen atoms in total. The number of ketones is 2. The van der Waals surface area contributed by atoms with E-state index in [1.54, 1.807) is 0 Å². The molecule has 0 aromatic carbocycles. The van der Waals surface area contributed by atoms with Crippen LogP contribution in [0.2, 0.25) is 0 Å². The molecule has 14 heavy (non-hydrogen) atoms. The van der Waals surface area contributed by atoms with Crippen LogP contribution in [-0.4, -0.2) is 55.3 Å². The average molecular weight is 271 g/mol. The largest absolute Gasteiger partial charge is 0.394 e. The number of Topliss-reactive ketones (excluding diaryl/α,β-unsaturated/α-hetero) is 2. The molecule has 0 aliphatic rings. The molecule has 0 unspecified atom stereocenters. The molecule has 0 amide bonds. The lowest BCUT2D eigenvalue weighted by Crippen LogP contribution is -2.53. The highest BCUT2D eigenvalue weighted by molar-refractivity contribution is 9.10. The lowest BCUT2D eigenvalue weighted by molar-refractivity contribution is -0.152. The van der Waals surface area contributed by atoms with Gasteiger partial charge >= 0.3 is 0 Å². The Bertz CT molecular complexity index is 238. The van der Waals surface area contributed by atoms with Crippen LogP contribution < -0.4 is 0 Å². The Morgan fingerprint density at radius 2 is 1.86 bits per heavy atom. The quantitative estimate of drug-likeness (QED) is 0.338. The molecule has 0 heterocycles. The maximum Gasteiger partial charge on any atom is 0.243 e. The Kier molecular flexibility index (Phi) is 4.82. The molecule has 0 aromatic heterocycles. The second-order valence-electron chi connectivity index (χ2n) is 2.75. The van der Waals surface area contributed by atoms with Crippen LogP contribution in [0.4, 0.5) is 0 Å². The molecule has 3 atom stereocenters. The molecule has 0 fully saturated rings. The van der Waals surface area contributed by atoms with Crippen molar-refractivity contribution in [2.24, 2.45) is 0 Å². The fourth-order valence-electron chi connectivity index (χ4n) is 0.736. The van der Waals surface area contributed by atoms with Crippen molar-refractivity contribution in [2.45, 2.75) is 23.6 Å². The number of carbonyl (C=O) groups is 2. The predicted molar refractivity (Wildman–Crippen MR) is 48.7 cm³/mol. The summed E-state index contributed by atoms with van der Waals surface area (Å²) in [6.07, 6.45) is -3.70. The summed E-state index contributed by atoms with van der Waals surface area (Å²) < 4.78 is -2.57. The van der Waals surface area contributed by atoms with Gasteiger partial charge in [-0.1, -0.05) is 0 Å². The number of hydrogen-bond donors (Lipinski definition) is 4. The Morgan fingerprint density at radius 1 is 1.43 bits per heavy atom. The first kappa shape index (κ1) is 13.7. The minimum Gasteiger partial charge on any atom is -0.394 e. The smallest absolute Gasteiger partial charge is 0.243 e. The highest BCUT2D eigenvalue weighted by atomic mass is 79.9.